The fraction of sp³-hybridized carbons (Fsp3) is 0.250. The third kappa shape index (κ3) is 14.1. The summed E-state index contributed by atoms with van der Waals surface area (Å²) in [5, 5.41) is 0. The monoisotopic (exact) mass is 1010 g/mol. The van der Waals surface area contributed by atoms with Gasteiger partial charge >= 0.3 is 0 Å². The molecule has 0 saturated heterocycles. The van der Waals surface area contributed by atoms with Crippen LogP contribution in [0.2, 0.25) is 0 Å². The smallest absolute Gasteiger partial charge is 0.163 e. The fourth-order valence-corrected chi connectivity index (χ4v) is 8.07. The molecule has 2 aliphatic rings. The van der Waals surface area contributed by atoms with Crippen LogP contribution < -0.4 is 47.4 Å². The first-order chi connectivity index (χ1) is 36.7. The molecule has 75 heavy (non-hydrogen) atoms. The number of hydrogen-bond donors (Lipinski definition) is 0. The molecule has 0 saturated carbocycles. The average Bonchev–Trinajstić information content (AvgIpc) is 3.49. The molecule has 0 aromatic heterocycles. The summed E-state index contributed by atoms with van der Waals surface area (Å²) in [6, 6.07) is 22.3. The second-order valence-corrected chi connectivity index (χ2v) is 16.4. The predicted molar refractivity (Wildman–Crippen MR) is 279 cm³/mol. The highest BCUT2D eigenvalue weighted by molar-refractivity contribution is 5.78. The Morgan fingerprint density at radius 3 is 1.32 bits per heavy atom. The summed E-state index contributed by atoms with van der Waals surface area (Å²) in [7, 11) is 4.75. The largest absolute Gasteiger partial charge is 0.498 e. The Morgan fingerprint density at radius 1 is 0.453 bits per heavy atom. The van der Waals surface area contributed by atoms with Gasteiger partial charge in [0.1, 0.15) is 83.6 Å². The van der Waals surface area contributed by atoms with Crippen molar-refractivity contribution in [1.82, 2.24) is 0 Å². The Hall–Kier alpha value is -9.23. The molecule has 0 radical (unpaired) electrons. The van der Waals surface area contributed by atoms with Crippen LogP contribution in [0.5, 0.6) is 57.5 Å². The number of rotatable bonds is 27. The number of ether oxygens (including phenoxy) is 12. The van der Waals surface area contributed by atoms with E-state index in [1.165, 1.54) is 0 Å². The molecule has 5 aromatic rings. The van der Waals surface area contributed by atoms with Gasteiger partial charge in [-0.15, -0.1) is 19.3 Å². The van der Waals surface area contributed by atoms with E-state index in [9.17, 15) is 14.4 Å². The molecule has 0 amide bonds. The number of carbonyl (C=O) groups excluding carboxylic acids is 3. The van der Waals surface area contributed by atoms with E-state index in [2.05, 4.69) is 23.8 Å². The maximum Gasteiger partial charge on any atom is 0.163 e. The van der Waals surface area contributed by atoms with Gasteiger partial charge in [0.05, 0.1) is 27.9 Å². The summed E-state index contributed by atoms with van der Waals surface area (Å²) in [4.78, 5) is 34.3. The van der Waals surface area contributed by atoms with E-state index in [0.717, 1.165) is 33.4 Å². The quantitative estimate of drug-likeness (QED) is 0.0279. The van der Waals surface area contributed by atoms with Crippen molar-refractivity contribution in [3.05, 3.63) is 147 Å². The van der Waals surface area contributed by atoms with Crippen LogP contribution in [0, 0.1) is 37.0 Å². The molecule has 0 heterocycles. The summed E-state index contributed by atoms with van der Waals surface area (Å²) in [6.45, 7) is 0.797. The zero-order chi connectivity index (χ0) is 52.9. The highest BCUT2D eigenvalue weighted by atomic mass is 16.6. The zero-order valence-electron chi connectivity index (χ0n) is 41.7. The Morgan fingerprint density at radius 2 is 0.867 bits per heavy atom. The molecule has 1 atom stereocenters. The average molecular weight is 1020 g/mol. The van der Waals surface area contributed by atoms with Gasteiger partial charge in [-0.1, -0.05) is 17.8 Å². The minimum atomic E-state index is -0.595. The fourth-order valence-electron chi connectivity index (χ4n) is 8.07. The van der Waals surface area contributed by atoms with E-state index in [1.54, 1.807) is 75.9 Å². The Bertz CT molecular complexity index is 3090. The standard InChI is InChI=1S/C60H54O15/c1-7-16-67-55-25-40(37-61)10-13-49(55)70-19-22-73-58-34-46-28-44-32-53(65-5)60(75-24-21-72-51-15-12-42(39-63)27-57(51)69-18-9-3)36-48(44)30-45-33-54(66-6)59(35-47(45)29-43(46)31-52(58)64-4)74-23-20-71-50-14-11-41(38-62)26-56(50)68-17-8-2/h1-3,10-15,25-28,31-39,60H,16-24,29-30H2,4-6H3/b44-28+. The lowest BCUT2D eigenvalue weighted by atomic mass is 9.89. The highest BCUT2D eigenvalue weighted by Crippen LogP contribution is 2.41. The van der Waals surface area contributed by atoms with Crippen molar-refractivity contribution in [2.45, 2.75) is 18.9 Å². The first-order valence-electron chi connectivity index (χ1n) is 23.6. The molecular formula is C60H54O15. The number of benzene rings is 5. The topological polar surface area (TPSA) is 162 Å². The predicted octanol–water partition coefficient (Wildman–Crippen LogP) is 8.56. The number of allylic oxidation sites excluding steroid dienone is 3. The molecule has 0 N–H and O–H groups in total. The van der Waals surface area contributed by atoms with Crippen molar-refractivity contribution < 1.29 is 71.2 Å². The Balaban J connectivity index is 1.17. The van der Waals surface area contributed by atoms with Crippen molar-refractivity contribution in [2.75, 3.05) is 80.8 Å². The minimum absolute atomic E-state index is 0.0000246. The van der Waals surface area contributed by atoms with Crippen LogP contribution in [0.1, 0.15) is 53.3 Å². The Kier molecular flexibility index (Phi) is 19.3. The van der Waals surface area contributed by atoms with Crippen molar-refractivity contribution in [1.29, 1.82) is 0 Å². The molecule has 1 unspecified atom stereocenters. The van der Waals surface area contributed by atoms with Gasteiger partial charge in [0.2, 0.25) is 0 Å². The van der Waals surface area contributed by atoms with Crippen molar-refractivity contribution in [2.24, 2.45) is 0 Å². The van der Waals surface area contributed by atoms with E-state index in [-0.39, 0.29) is 59.5 Å². The second kappa shape index (κ2) is 27.0. The van der Waals surface area contributed by atoms with Crippen LogP contribution in [-0.4, -0.2) is 106 Å². The number of methoxy groups -OCH3 is 3. The van der Waals surface area contributed by atoms with E-state index in [0.29, 0.717) is 112 Å². The van der Waals surface area contributed by atoms with E-state index in [1.807, 2.05) is 36.4 Å². The lowest BCUT2D eigenvalue weighted by molar-refractivity contribution is 0.0471. The van der Waals surface area contributed by atoms with Crippen molar-refractivity contribution in [3.8, 4) is 94.5 Å². The summed E-state index contributed by atoms with van der Waals surface area (Å²) < 4.78 is 71.9. The van der Waals surface area contributed by atoms with Crippen LogP contribution >= 0.6 is 0 Å². The van der Waals surface area contributed by atoms with Crippen molar-refractivity contribution >= 4 is 24.9 Å². The van der Waals surface area contributed by atoms with Crippen molar-refractivity contribution in [3.63, 3.8) is 0 Å². The van der Waals surface area contributed by atoms with Crippen LogP contribution in [0.25, 0.3) is 6.08 Å². The highest BCUT2D eigenvalue weighted by Gasteiger charge is 2.26. The molecule has 7 rings (SSSR count). The van der Waals surface area contributed by atoms with Crippen LogP contribution in [-0.2, 0) is 22.3 Å². The third-order valence-electron chi connectivity index (χ3n) is 11.6. The molecule has 15 heteroatoms. The molecule has 384 valence electrons. The first-order valence-corrected chi connectivity index (χ1v) is 23.6. The number of hydrogen-bond acceptors (Lipinski definition) is 15. The number of terminal acetylenes is 3. The van der Waals surface area contributed by atoms with Crippen LogP contribution in [0.15, 0.2) is 108 Å². The van der Waals surface area contributed by atoms with Gasteiger partial charge in [-0.25, -0.2) is 0 Å². The molecule has 5 aromatic carbocycles. The number of aldehydes is 3. The molecule has 0 spiro atoms. The normalized spacial score (nSPS) is 13.8. The maximum absolute atomic E-state index is 11.4. The Labute approximate surface area is 435 Å². The molecular weight excluding hydrogens is 961 g/mol. The number of carbonyl (C=O) groups is 3. The van der Waals surface area contributed by atoms with E-state index < -0.39 is 6.10 Å². The SMILES string of the molecule is C#CCOc1cc(C=O)ccc1OCCOc1cc2c(cc1OC)Cc1cc(OCCOc3ccc(C=O)cc3OCC#C)c(OC)cc1CC1=CC(OCCOc3ccc(C=O)cc3OCC#C)C(OC)=C/C1=C\2. The second-order valence-electron chi connectivity index (χ2n) is 16.4. The van der Waals surface area contributed by atoms with Gasteiger partial charge in [0, 0.05) is 16.7 Å². The van der Waals surface area contributed by atoms with Crippen LogP contribution in [0.3, 0.4) is 0 Å². The lowest BCUT2D eigenvalue weighted by Crippen LogP contribution is -2.22. The maximum atomic E-state index is 11.4. The summed E-state index contributed by atoms with van der Waals surface area (Å²) >= 11 is 0. The van der Waals surface area contributed by atoms with E-state index in [4.69, 9.17) is 76.1 Å². The van der Waals surface area contributed by atoms with Gasteiger partial charge in [0.15, 0.2) is 57.5 Å². The summed E-state index contributed by atoms with van der Waals surface area (Å²) in [5.41, 5.74) is 6.72. The lowest BCUT2D eigenvalue weighted by Gasteiger charge is -2.25. The summed E-state index contributed by atoms with van der Waals surface area (Å²) in [5.74, 6) is 12.0. The number of fused-ring (bicyclic) bond motifs is 3. The van der Waals surface area contributed by atoms with Gasteiger partial charge in [-0.05, 0) is 143 Å². The minimum Gasteiger partial charge on any atom is -0.498 e. The van der Waals surface area contributed by atoms with Gasteiger partial charge in [0.25, 0.3) is 0 Å². The molecule has 15 nitrogen and oxygen atoms in total. The van der Waals surface area contributed by atoms with Gasteiger partial charge < -0.3 is 56.8 Å². The van der Waals surface area contributed by atoms with Crippen LogP contribution in [0.4, 0.5) is 0 Å². The summed E-state index contributed by atoms with van der Waals surface area (Å²) in [6.07, 6.45) is 24.8. The molecule has 2 aliphatic carbocycles. The zero-order valence-corrected chi connectivity index (χ0v) is 41.7. The van der Waals surface area contributed by atoms with Gasteiger partial charge in [-0.3, -0.25) is 14.4 Å². The first kappa shape index (κ1) is 53.6. The van der Waals surface area contributed by atoms with Gasteiger partial charge in [-0.2, -0.15) is 0 Å². The molecule has 0 fully saturated rings. The van der Waals surface area contributed by atoms with E-state index >= 15 is 0 Å². The third-order valence-corrected chi connectivity index (χ3v) is 11.6. The molecule has 0 bridgehead atoms. The molecule has 0 aliphatic heterocycles.